The number of imidazole rings is 1. The number of amides is 1. The molecule has 2 aromatic heterocycles. The van der Waals surface area contributed by atoms with E-state index in [1.54, 1.807) is 0 Å². The molecular formula is C24H30N4O4. The van der Waals surface area contributed by atoms with Gasteiger partial charge in [0, 0.05) is 24.6 Å². The maximum absolute atomic E-state index is 11.9. The van der Waals surface area contributed by atoms with E-state index in [9.17, 15) is 4.79 Å². The summed E-state index contributed by atoms with van der Waals surface area (Å²) in [4.78, 5) is 17.0. The molecule has 8 heteroatoms. The molecule has 3 heterocycles. The van der Waals surface area contributed by atoms with Crippen molar-refractivity contribution in [3.05, 3.63) is 35.5 Å². The highest BCUT2D eigenvalue weighted by atomic mass is 16.6. The lowest BCUT2D eigenvalue weighted by molar-refractivity contribution is 0.0269. The zero-order valence-corrected chi connectivity index (χ0v) is 18.9. The second-order valence-corrected chi connectivity index (χ2v) is 8.75. The Kier molecular flexibility index (Phi) is 5.63. The van der Waals surface area contributed by atoms with E-state index in [2.05, 4.69) is 40.2 Å². The van der Waals surface area contributed by atoms with Crippen LogP contribution in [0.4, 0.5) is 4.79 Å². The van der Waals surface area contributed by atoms with E-state index in [4.69, 9.17) is 19.0 Å². The Balaban J connectivity index is 1.56. The molecule has 1 saturated heterocycles. The molecule has 0 radical (unpaired) electrons. The number of aromatic nitrogens is 3. The monoisotopic (exact) mass is 438 g/mol. The first kappa shape index (κ1) is 21.0. The molecule has 8 nitrogen and oxygen atoms in total. The van der Waals surface area contributed by atoms with Gasteiger partial charge in [0.05, 0.1) is 35.5 Å². The second kappa shape index (κ2) is 8.58. The predicted molar refractivity (Wildman–Crippen MR) is 119 cm³/mol. The van der Waals surface area contributed by atoms with Gasteiger partial charge in [-0.05, 0) is 64.2 Å². The first-order valence-corrected chi connectivity index (χ1v) is 11.5. The molecular weight excluding hydrogens is 408 g/mol. The number of hydrogen-bond donors (Lipinski definition) is 1. The average Bonchev–Trinajstić information content (AvgIpc) is 3.33. The topological polar surface area (TPSA) is 91.4 Å². The van der Waals surface area contributed by atoms with Gasteiger partial charge in [0.2, 0.25) is 0 Å². The normalized spacial score (nSPS) is 23.8. The molecule has 0 bridgehead atoms. The predicted octanol–water partition coefficient (Wildman–Crippen LogP) is 5.00. The first-order valence-electron chi connectivity index (χ1n) is 11.5. The van der Waals surface area contributed by atoms with E-state index in [-0.39, 0.29) is 12.1 Å². The molecule has 1 N–H and O–H groups in total. The fourth-order valence-electron chi connectivity index (χ4n) is 5.22. The van der Waals surface area contributed by atoms with Gasteiger partial charge in [0.1, 0.15) is 11.6 Å². The average molecular weight is 439 g/mol. The third-order valence-corrected chi connectivity index (χ3v) is 6.69. The number of carbonyl (C=O) groups excluding carboxylic acids is 1. The van der Waals surface area contributed by atoms with E-state index in [0.29, 0.717) is 25.2 Å². The molecule has 1 aliphatic carbocycles. The molecule has 1 saturated carbocycles. The maximum atomic E-state index is 11.9. The minimum atomic E-state index is -0.378. The summed E-state index contributed by atoms with van der Waals surface area (Å²) in [5, 5.41) is 7.07. The van der Waals surface area contributed by atoms with Gasteiger partial charge in [-0.1, -0.05) is 11.2 Å². The molecule has 2 aliphatic rings. The van der Waals surface area contributed by atoms with E-state index >= 15 is 0 Å². The van der Waals surface area contributed by atoms with Crippen LogP contribution in [0.2, 0.25) is 0 Å². The maximum Gasteiger partial charge on any atom is 0.407 e. The van der Waals surface area contributed by atoms with Crippen molar-refractivity contribution in [2.24, 2.45) is 0 Å². The van der Waals surface area contributed by atoms with Gasteiger partial charge in [-0.25, -0.2) is 9.78 Å². The minimum Gasteiger partial charge on any atom is -0.449 e. The Labute approximate surface area is 187 Å². The highest BCUT2D eigenvalue weighted by Crippen LogP contribution is 2.38. The SMILES string of the molecule is CCOC1CCC(n2c([C@@H]3CCOC(=O)N3)nc3cc(-c4c(C)noc4C)ccc32)CC1. The van der Waals surface area contributed by atoms with Crippen LogP contribution in [0.5, 0.6) is 0 Å². The fraction of sp³-hybridized carbons (Fsp3) is 0.542. The zero-order chi connectivity index (χ0) is 22.2. The Bertz CT molecular complexity index is 1110. The van der Waals surface area contributed by atoms with Crippen molar-refractivity contribution >= 4 is 17.1 Å². The number of cyclic esters (lactones) is 1. The van der Waals surface area contributed by atoms with E-state index in [1.807, 2.05) is 13.8 Å². The van der Waals surface area contributed by atoms with E-state index in [1.165, 1.54) is 0 Å². The Morgan fingerprint density at radius 2 is 2.00 bits per heavy atom. The summed E-state index contributed by atoms with van der Waals surface area (Å²) in [6.07, 6.45) is 4.81. The molecule has 1 aliphatic heterocycles. The summed E-state index contributed by atoms with van der Waals surface area (Å²) in [7, 11) is 0. The van der Waals surface area contributed by atoms with Crippen LogP contribution in [0, 0.1) is 13.8 Å². The summed E-state index contributed by atoms with van der Waals surface area (Å²) in [5.74, 6) is 1.71. The van der Waals surface area contributed by atoms with E-state index in [0.717, 1.165) is 71.7 Å². The molecule has 1 atom stereocenters. The Morgan fingerprint density at radius 3 is 2.69 bits per heavy atom. The number of nitrogens with one attached hydrogen (secondary N) is 1. The van der Waals surface area contributed by atoms with Crippen molar-refractivity contribution in [1.82, 2.24) is 20.0 Å². The third-order valence-electron chi connectivity index (χ3n) is 6.69. The molecule has 3 aromatic rings. The number of nitrogens with zero attached hydrogens (tertiary/aromatic N) is 3. The molecule has 1 aromatic carbocycles. The molecule has 1 amide bonds. The highest BCUT2D eigenvalue weighted by molar-refractivity contribution is 5.84. The second-order valence-electron chi connectivity index (χ2n) is 8.75. The number of hydrogen-bond acceptors (Lipinski definition) is 6. The zero-order valence-electron chi connectivity index (χ0n) is 18.9. The lowest BCUT2D eigenvalue weighted by Gasteiger charge is -2.32. The smallest absolute Gasteiger partial charge is 0.407 e. The summed E-state index contributed by atoms with van der Waals surface area (Å²) >= 11 is 0. The van der Waals surface area contributed by atoms with Gasteiger partial charge in [0.15, 0.2) is 0 Å². The molecule has 0 unspecified atom stereocenters. The summed E-state index contributed by atoms with van der Waals surface area (Å²) < 4.78 is 18.7. The van der Waals surface area contributed by atoms with Gasteiger partial charge in [-0.3, -0.25) is 0 Å². The van der Waals surface area contributed by atoms with E-state index < -0.39 is 0 Å². The standard InChI is InChI=1S/C24H30N4O4/c1-4-30-18-8-6-17(7-9-18)28-21-10-5-16(22-14(2)27-32-15(22)3)13-20(21)25-23(28)19-11-12-31-24(29)26-19/h5,10,13,17-19H,4,6-9,11-12H2,1-3H3,(H,26,29)/t17?,18?,19-/m0/s1. The number of fused-ring (bicyclic) bond motifs is 1. The van der Waals surface area contributed by atoms with Gasteiger partial charge in [0.25, 0.3) is 0 Å². The number of alkyl carbamates (subject to hydrolysis) is 1. The number of carbonyl (C=O) groups is 1. The van der Waals surface area contributed by atoms with Gasteiger partial charge < -0.3 is 23.9 Å². The summed E-state index contributed by atoms with van der Waals surface area (Å²) in [6, 6.07) is 6.54. The van der Waals surface area contributed by atoms with Crippen LogP contribution in [0.15, 0.2) is 22.7 Å². The Morgan fingerprint density at radius 1 is 1.19 bits per heavy atom. The highest BCUT2D eigenvalue weighted by Gasteiger charge is 2.31. The Hall–Kier alpha value is -2.87. The number of aryl methyl sites for hydroxylation is 2. The van der Waals surface area contributed by atoms with Crippen molar-refractivity contribution in [2.45, 2.75) is 71.1 Å². The first-order chi connectivity index (χ1) is 15.5. The van der Waals surface area contributed by atoms with Crippen LogP contribution in [0.3, 0.4) is 0 Å². The number of benzene rings is 1. The van der Waals surface area contributed by atoms with Crippen LogP contribution < -0.4 is 5.32 Å². The summed E-state index contributed by atoms with van der Waals surface area (Å²) in [5.41, 5.74) is 4.94. The van der Waals surface area contributed by atoms with Crippen LogP contribution in [0.25, 0.3) is 22.2 Å². The quantitative estimate of drug-likeness (QED) is 0.603. The third kappa shape index (κ3) is 3.77. The van der Waals surface area contributed by atoms with Crippen molar-refractivity contribution in [3.63, 3.8) is 0 Å². The van der Waals surface area contributed by atoms with Gasteiger partial charge in [-0.2, -0.15) is 0 Å². The molecule has 0 spiro atoms. The molecule has 170 valence electrons. The molecule has 2 fully saturated rings. The minimum absolute atomic E-state index is 0.157. The van der Waals surface area contributed by atoms with Crippen LogP contribution in [-0.4, -0.2) is 40.1 Å². The van der Waals surface area contributed by atoms with Gasteiger partial charge >= 0.3 is 6.09 Å². The van der Waals surface area contributed by atoms with Crippen molar-refractivity contribution in [1.29, 1.82) is 0 Å². The number of ether oxygens (including phenoxy) is 2. The number of rotatable bonds is 5. The summed E-state index contributed by atoms with van der Waals surface area (Å²) in [6.45, 7) is 7.10. The van der Waals surface area contributed by atoms with Crippen molar-refractivity contribution < 1.29 is 18.8 Å². The lowest BCUT2D eigenvalue weighted by Crippen LogP contribution is -2.37. The van der Waals surface area contributed by atoms with Crippen LogP contribution in [-0.2, 0) is 9.47 Å². The van der Waals surface area contributed by atoms with Crippen LogP contribution in [0.1, 0.15) is 68.4 Å². The van der Waals surface area contributed by atoms with Gasteiger partial charge in [-0.15, -0.1) is 0 Å². The molecule has 5 rings (SSSR count). The fourth-order valence-corrected chi connectivity index (χ4v) is 5.22. The largest absolute Gasteiger partial charge is 0.449 e. The van der Waals surface area contributed by atoms with Crippen molar-refractivity contribution in [2.75, 3.05) is 13.2 Å². The van der Waals surface area contributed by atoms with Crippen LogP contribution >= 0.6 is 0 Å². The van der Waals surface area contributed by atoms with Crippen molar-refractivity contribution in [3.8, 4) is 11.1 Å². The molecule has 32 heavy (non-hydrogen) atoms. The lowest BCUT2D eigenvalue weighted by atomic mass is 9.92.